The number of anilines is 1. The van der Waals surface area contributed by atoms with Crippen LogP contribution in [-0.2, 0) is 27.3 Å². The van der Waals surface area contributed by atoms with Crippen molar-refractivity contribution in [2.24, 2.45) is 5.41 Å². The summed E-state index contributed by atoms with van der Waals surface area (Å²) in [5, 5.41) is 0.127. The fourth-order valence-corrected chi connectivity index (χ4v) is 7.20. The van der Waals surface area contributed by atoms with Crippen LogP contribution in [0.25, 0.3) is 0 Å². The SMILES string of the molecule is COC(=O)c1nc(C(C)(C)C)n(Cc2cccc(N3CC4(CC(O[Si](C)(C)C(C)(C)C)C4)C3)c2C(F)(F)F)c1C. The number of esters is 1. The molecule has 0 radical (unpaired) electrons. The fourth-order valence-electron chi connectivity index (χ4n) is 5.84. The highest BCUT2D eigenvalue weighted by atomic mass is 28.4. The van der Waals surface area contributed by atoms with Gasteiger partial charge in [-0.15, -0.1) is 0 Å². The summed E-state index contributed by atoms with van der Waals surface area (Å²) in [5.41, 5.74) is -0.104. The number of hydrogen-bond acceptors (Lipinski definition) is 5. The molecule has 0 bridgehead atoms. The fraction of sp³-hybridized carbons (Fsp3) is 0.667. The largest absolute Gasteiger partial charge is 0.464 e. The molecular formula is C30H44F3N3O3Si. The minimum atomic E-state index is -4.54. The number of benzene rings is 1. The Morgan fingerprint density at radius 1 is 1.10 bits per heavy atom. The van der Waals surface area contributed by atoms with Crippen molar-refractivity contribution in [3.8, 4) is 0 Å². The smallest absolute Gasteiger partial charge is 0.418 e. The number of alkyl halides is 3. The van der Waals surface area contributed by atoms with E-state index >= 15 is 0 Å². The highest BCUT2D eigenvalue weighted by Crippen LogP contribution is 2.54. The minimum Gasteiger partial charge on any atom is -0.464 e. The molecule has 1 aromatic carbocycles. The molecule has 4 rings (SSSR count). The number of aromatic nitrogens is 2. The first kappa shape index (κ1) is 30.6. The summed E-state index contributed by atoms with van der Waals surface area (Å²) >= 11 is 0. The van der Waals surface area contributed by atoms with Gasteiger partial charge >= 0.3 is 12.1 Å². The second-order valence-corrected chi connectivity index (χ2v) is 19.0. The summed E-state index contributed by atoms with van der Waals surface area (Å²) < 4.78 is 57.1. The maximum Gasteiger partial charge on any atom is 0.418 e. The molecule has 1 aliphatic heterocycles. The molecule has 2 fully saturated rings. The Bertz CT molecular complexity index is 1270. The van der Waals surface area contributed by atoms with Crippen LogP contribution in [0.15, 0.2) is 18.2 Å². The third kappa shape index (κ3) is 5.58. The maximum absolute atomic E-state index is 14.7. The Kier molecular flexibility index (Phi) is 7.57. The molecule has 6 nitrogen and oxygen atoms in total. The summed E-state index contributed by atoms with van der Waals surface area (Å²) in [6, 6.07) is 4.80. The number of methoxy groups -OCH3 is 1. The van der Waals surface area contributed by atoms with Crippen LogP contribution in [0.1, 0.15) is 87.5 Å². The van der Waals surface area contributed by atoms with E-state index in [1.165, 1.54) is 13.2 Å². The topological polar surface area (TPSA) is 56.6 Å². The van der Waals surface area contributed by atoms with Crippen molar-refractivity contribution in [1.82, 2.24) is 9.55 Å². The molecule has 0 N–H and O–H groups in total. The lowest BCUT2D eigenvalue weighted by Crippen LogP contribution is -2.65. The van der Waals surface area contributed by atoms with Gasteiger partial charge in [0.1, 0.15) is 5.82 Å². The summed E-state index contributed by atoms with van der Waals surface area (Å²) in [6.45, 7) is 19.8. The number of ether oxygens (including phenoxy) is 1. The van der Waals surface area contributed by atoms with Crippen LogP contribution >= 0.6 is 0 Å². The van der Waals surface area contributed by atoms with Crippen molar-refractivity contribution in [3.05, 3.63) is 46.5 Å². The molecular weight excluding hydrogens is 535 g/mol. The molecule has 1 aliphatic carbocycles. The molecule has 0 unspecified atom stereocenters. The predicted octanol–water partition coefficient (Wildman–Crippen LogP) is 7.33. The molecule has 2 aromatic rings. The minimum absolute atomic E-state index is 0.0294. The lowest BCUT2D eigenvalue weighted by molar-refractivity contribution is -0.138. The molecule has 2 heterocycles. The molecule has 1 aromatic heterocycles. The first-order chi connectivity index (χ1) is 18.2. The van der Waals surface area contributed by atoms with Gasteiger partial charge in [0.15, 0.2) is 14.0 Å². The zero-order valence-corrected chi connectivity index (χ0v) is 26.5. The average Bonchev–Trinajstić information content (AvgIpc) is 3.08. The third-order valence-electron chi connectivity index (χ3n) is 8.99. The van der Waals surface area contributed by atoms with E-state index in [1.54, 1.807) is 23.6 Å². The van der Waals surface area contributed by atoms with Crippen LogP contribution in [0, 0.1) is 12.3 Å². The summed E-state index contributed by atoms with van der Waals surface area (Å²) in [7, 11) is -0.608. The Morgan fingerprint density at radius 3 is 2.20 bits per heavy atom. The number of rotatable bonds is 6. The van der Waals surface area contributed by atoms with E-state index in [4.69, 9.17) is 9.16 Å². The van der Waals surface area contributed by atoms with Crippen LogP contribution in [0.3, 0.4) is 0 Å². The summed E-state index contributed by atoms with van der Waals surface area (Å²) in [6.07, 6.45) is -2.54. The van der Waals surface area contributed by atoms with Gasteiger partial charge < -0.3 is 18.6 Å². The average molecular weight is 580 g/mol. The van der Waals surface area contributed by atoms with Gasteiger partial charge in [-0.2, -0.15) is 13.2 Å². The van der Waals surface area contributed by atoms with Crippen LogP contribution in [0.5, 0.6) is 0 Å². The number of hydrogen-bond donors (Lipinski definition) is 0. The number of halogens is 3. The van der Waals surface area contributed by atoms with Crippen molar-refractivity contribution in [1.29, 1.82) is 0 Å². The maximum atomic E-state index is 14.7. The van der Waals surface area contributed by atoms with Gasteiger partial charge in [-0.3, -0.25) is 0 Å². The first-order valence-electron chi connectivity index (χ1n) is 14.0. The van der Waals surface area contributed by atoms with Crippen molar-refractivity contribution in [2.45, 2.75) is 104 Å². The Morgan fingerprint density at radius 2 is 1.70 bits per heavy atom. The van der Waals surface area contributed by atoms with Gasteiger partial charge in [0.2, 0.25) is 0 Å². The van der Waals surface area contributed by atoms with E-state index in [9.17, 15) is 18.0 Å². The molecule has 1 spiro atoms. The van der Waals surface area contributed by atoms with E-state index in [0.717, 1.165) is 12.8 Å². The Balaban J connectivity index is 1.59. The second kappa shape index (κ2) is 9.89. The number of carbonyl (C=O) groups is 1. The van der Waals surface area contributed by atoms with Crippen molar-refractivity contribution >= 4 is 20.0 Å². The van der Waals surface area contributed by atoms with Crippen molar-refractivity contribution < 1.29 is 27.1 Å². The molecule has 0 amide bonds. The normalized spacial score (nSPS) is 18.1. The molecule has 10 heteroatoms. The number of imidazole rings is 1. The van der Waals surface area contributed by atoms with Crippen molar-refractivity contribution in [3.63, 3.8) is 0 Å². The standard InChI is InChI=1S/C30H44F3N3O3Si/c1-19-24(25(37)38-8)34-26(27(2,3)4)36(19)16-20-12-11-13-22(23(20)30(31,32)33)35-17-29(18-35)14-21(15-29)39-40(9,10)28(5,6)7/h11-13,21H,14-18H2,1-10H3. The highest BCUT2D eigenvalue weighted by molar-refractivity contribution is 6.74. The molecule has 2 aliphatic rings. The van der Waals surface area contributed by atoms with Gasteiger partial charge in [0, 0.05) is 47.9 Å². The van der Waals surface area contributed by atoms with E-state index < -0.39 is 31.4 Å². The van der Waals surface area contributed by atoms with Gasteiger partial charge in [-0.1, -0.05) is 53.7 Å². The van der Waals surface area contributed by atoms with E-state index in [2.05, 4.69) is 38.8 Å². The van der Waals surface area contributed by atoms with Gasteiger partial charge in [-0.05, 0) is 49.5 Å². The molecule has 0 atom stereocenters. The third-order valence-corrected chi connectivity index (χ3v) is 13.5. The van der Waals surface area contributed by atoms with Crippen LogP contribution in [-0.4, -0.2) is 50.1 Å². The number of nitrogens with zero attached hydrogens (tertiary/aromatic N) is 3. The molecule has 40 heavy (non-hydrogen) atoms. The zero-order valence-electron chi connectivity index (χ0n) is 25.5. The van der Waals surface area contributed by atoms with Crippen LogP contribution in [0.2, 0.25) is 18.1 Å². The van der Waals surface area contributed by atoms with Crippen LogP contribution < -0.4 is 4.90 Å². The Hall–Kier alpha value is -2.33. The summed E-state index contributed by atoms with van der Waals surface area (Å²) in [4.78, 5) is 18.7. The van der Waals surface area contributed by atoms with Crippen molar-refractivity contribution in [2.75, 3.05) is 25.1 Å². The molecule has 222 valence electrons. The van der Waals surface area contributed by atoms with Gasteiger partial charge in [0.25, 0.3) is 0 Å². The first-order valence-corrected chi connectivity index (χ1v) is 16.9. The number of carbonyl (C=O) groups excluding carboxylic acids is 1. The monoisotopic (exact) mass is 579 g/mol. The van der Waals surface area contributed by atoms with Gasteiger partial charge in [-0.25, -0.2) is 9.78 Å². The van der Waals surface area contributed by atoms with Gasteiger partial charge in [0.05, 0.1) is 12.7 Å². The molecule has 1 saturated heterocycles. The molecule has 1 saturated carbocycles. The highest BCUT2D eigenvalue weighted by Gasteiger charge is 2.56. The lowest BCUT2D eigenvalue weighted by atomic mass is 9.61. The summed E-state index contributed by atoms with van der Waals surface area (Å²) in [5.74, 6) is -0.0668. The van der Waals surface area contributed by atoms with E-state index in [1.807, 2.05) is 25.7 Å². The lowest BCUT2D eigenvalue weighted by Gasteiger charge is -2.61. The van der Waals surface area contributed by atoms with Crippen LogP contribution in [0.4, 0.5) is 18.9 Å². The quantitative estimate of drug-likeness (QED) is 0.265. The Labute approximate surface area is 237 Å². The van der Waals surface area contributed by atoms with E-state index in [-0.39, 0.29) is 40.0 Å². The zero-order chi connectivity index (χ0) is 30.1. The predicted molar refractivity (Wildman–Crippen MR) is 153 cm³/mol. The van der Waals surface area contributed by atoms with E-state index in [0.29, 0.717) is 24.6 Å². The second-order valence-electron chi connectivity index (χ2n) is 14.3.